The Bertz CT molecular complexity index is 636. The summed E-state index contributed by atoms with van der Waals surface area (Å²) in [5, 5.41) is 4.46. The Kier molecular flexibility index (Phi) is 3.68. The van der Waals surface area contributed by atoms with E-state index in [4.69, 9.17) is 16.3 Å². The van der Waals surface area contributed by atoms with Gasteiger partial charge in [0.2, 0.25) is 0 Å². The van der Waals surface area contributed by atoms with Crippen LogP contribution >= 0.6 is 11.6 Å². The summed E-state index contributed by atoms with van der Waals surface area (Å²) in [5.74, 6) is 0.975. The van der Waals surface area contributed by atoms with Gasteiger partial charge in [0.1, 0.15) is 11.4 Å². The molecule has 0 aliphatic carbocycles. The summed E-state index contributed by atoms with van der Waals surface area (Å²) >= 11 is 5.96. The first-order chi connectivity index (χ1) is 9.97. The van der Waals surface area contributed by atoms with Gasteiger partial charge >= 0.3 is 0 Å². The van der Waals surface area contributed by atoms with Gasteiger partial charge in [-0.1, -0.05) is 41.9 Å². The van der Waals surface area contributed by atoms with E-state index in [9.17, 15) is 0 Å². The van der Waals surface area contributed by atoms with Gasteiger partial charge in [0.15, 0.2) is 0 Å². The first kappa shape index (κ1) is 14.4. The number of ether oxygens (including phenoxy) is 1. The molecule has 0 aromatic heterocycles. The third-order valence-corrected chi connectivity index (χ3v) is 4.34. The highest BCUT2D eigenvalue weighted by atomic mass is 35.5. The van der Waals surface area contributed by atoms with E-state index >= 15 is 0 Å². The molecule has 0 spiro atoms. The Balaban J connectivity index is 1.85. The molecule has 0 bridgehead atoms. The monoisotopic (exact) mass is 301 g/mol. The zero-order valence-electron chi connectivity index (χ0n) is 12.6. The lowest BCUT2D eigenvalue weighted by atomic mass is 9.93. The fraction of sp³-hybridized carbons (Fsp3) is 0.333. The van der Waals surface area contributed by atoms with Crippen molar-refractivity contribution in [2.45, 2.75) is 38.5 Å². The van der Waals surface area contributed by atoms with Gasteiger partial charge in [-0.3, -0.25) is 5.32 Å². The predicted octanol–water partition coefficient (Wildman–Crippen LogP) is 4.90. The van der Waals surface area contributed by atoms with Gasteiger partial charge in [0.25, 0.3) is 0 Å². The molecule has 1 aliphatic rings. The van der Waals surface area contributed by atoms with Crippen LogP contribution in [0.15, 0.2) is 48.5 Å². The third kappa shape index (κ3) is 2.78. The molecule has 0 saturated heterocycles. The predicted molar refractivity (Wildman–Crippen MR) is 86.9 cm³/mol. The van der Waals surface area contributed by atoms with E-state index in [2.05, 4.69) is 50.4 Å². The maximum atomic E-state index is 6.08. The number of halogens is 1. The molecule has 1 aliphatic heterocycles. The SMILES string of the molecule is CC(NC1c2ccccc2OC1(C)C)c1ccc(Cl)cc1. The van der Waals surface area contributed by atoms with Gasteiger partial charge in [-0.05, 0) is 44.5 Å². The van der Waals surface area contributed by atoms with Gasteiger partial charge in [-0.2, -0.15) is 0 Å². The molecular weight excluding hydrogens is 282 g/mol. The Morgan fingerprint density at radius 2 is 1.76 bits per heavy atom. The Hall–Kier alpha value is -1.51. The number of rotatable bonds is 3. The normalized spacial score (nSPS) is 20.7. The number of para-hydroxylation sites is 1. The maximum Gasteiger partial charge on any atom is 0.125 e. The highest BCUT2D eigenvalue weighted by Gasteiger charge is 2.41. The maximum absolute atomic E-state index is 6.08. The largest absolute Gasteiger partial charge is 0.486 e. The van der Waals surface area contributed by atoms with Crippen LogP contribution in [0.25, 0.3) is 0 Å². The fourth-order valence-corrected chi connectivity index (χ4v) is 3.04. The summed E-state index contributed by atoms with van der Waals surface area (Å²) in [6.07, 6.45) is 0. The van der Waals surface area contributed by atoms with Crippen LogP contribution in [-0.4, -0.2) is 5.60 Å². The van der Waals surface area contributed by atoms with Crippen molar-refractivity contribution in [2.75, 3.05) is 0 Å². The van der Waals surface area contributed by atoms with Crippen LogP contribution in [0.2, 0.25) is 5.02 Å². The van der Waals surface area contributed by atoms with Crippen LogP contribution in [0.1, 0.15) is 44.0 Å². The number of hydrogen-bond donors (Lipinski definition) is 1. The van der Waals surface area contributed by atoms with Crippen molar-refractivity contribution in [3.8, 4) is 5.75 Å². The highest BCUT2D eigenvalue weighted by Crippen LogP contribution is 2.43. The summed E-state index contributed by atoms with van der Waals surface area (Å²) in [4.78, 5) is 0. The van der Waals surface area contributed by atoms with Gasteiger partial charge in [-0.15, -0.1) is 0 Å². The van der Waals surface area contributed by atoms with Crippen molar-refractivity contribution >= 4 is 11.6 Å². The van der Waals surface area contributed by atoms with E-state index in [-0.39, 0.29) is 17.7 Å². The van der Waals surface area contributed by atoms with Crippen LogP contribution in [-0.2, 0) is 0 Å². The zero-order valence-corrected chi connectivity index (χ0v) is 13.3. The molecule has 2 unspecified atom stereocenters. The number of hydrogen-bond acceptors (Lipinski definition) is 2. The lowest BCUT2D eigenvalue weighted by Gasteiger charge is -2.30. The average molecular weight is 302 g/mol. The Morgan fingerprint density at radius 3 is 2.48 bits per heavy atom. The molecule has 2 aromatic rings. The minimum atomic E-state index is -0.260. The number of benzene rings is 2. The van der Waals surface area contributed by atoms with Crippen molar-refractivity contribution in [3.05, 3.63) is 64.7 Å². The first-order valence-electron chi connectivity index (χ1n) is 7.27. The number of fused-ring (bicyclic) bond motifs is 1. The van der Waals surface area contributed by atoms with E-state index in [1.807, 2.05) is 24.3 Å². The molecule has 1 N–H and O–H groups in total. The second-order valence-electron chi connectivity index (χ2n) is 6.12. The van der Waals surface area contributed by atoms with E-state index in [1.165, 1.54) is 11.1 Å². The third-order valence-electron chi connectivity index (χ3n) is 4.08. The van der Waals surface area contributed by atoms with E-state index in [1.54, 1.807) is 0 Å². The number of nitrogens with one attached hydrogen (secondary N) is 1. The summed E-state index contributed by atoms with van der Waals surface area (Å²) in [6.45, 7) is 6.42. The van der Waals surface area contributed by atoms with Gasteiger partial charge < -0.3 is 4.74 Å². The summed E-state index contributed by atoms with van der Waals surface area (Å²) in [6, 6.07) is 16.6. The molecular formula is C18H20ClNO. The van der Waals surface area contributed by atoms with Crippen LogP contribution < -0.4 is 10.1 Å². The molecule has 0 fully saturated rings. The smallest absolute Gasteiger partial charge is 0.125 e. The van der Waals surface area contributed by atoms with Crippen molar-refractivity contribution in [1.29, 1.82) is 0 Å². The Morgan fingerprint density at radius 1 is 1.10 bits per heavy atom. The fourth-order valence-electron chi connectivity index (χ4n) is 2.92. The summed E-state index contributed by atoms with van der Waals surface area (Å²) in [5.41, 5.74) is 2.19. The van der Waals surface area contributed by atoms with Crippen LogP contribution in [0.3, 0.4) is 0 Å². The van der Waals surface area contributed by atoms with Crippen molar-refractivity contribution in [2.24, 2.45) is 0 Å². The van der Waals surface area contributed by atoms with Gasteiger partial charge in [-0.25, -0.2) is 0 Å². The lowest BCUT2D eigenvalue weighted by Crippen LogP contribution is -2.40. The van der Waals surface area contributed by atoms with Crippen LogP contribution in [0.4, 0.5) is 0 Å². The standard InChI is InChI=1S/C18H20ClNO/c1-12(13-8-10-14(19)11-9-13)20-17-15-6-4-5-7-16(15)21-18(17,2)3/h4-12,17,20H,1-3H3. The summed E-state index contributed by atoms with van der Waals surface area (Å²) < 4.78 is 6.08. The molecule has 2 atom stereocenters. The van der Waals surface area contributed by atoms with Crippen molar-refractivity contribution in [1.82, 2.24) is 5.32 Å². The molecule has 1 heterocycles. The zero-order chi connectivity index (χ0) is 15.0. The molecule has 2 nitrogen and oxygen atoms in total. The molecule has 3 rings (SSSR count). The van der Waals surface area contributed by atoms with Crippen molar-refractivity contribution in [3.63, 3.8) is 0 Å². The van der Waals surface area contributed by atoms with Crippen LogP contribution in [0, 0.1) is 0 Å². The molecule has 2 aromatic carbocycles. The van der Waals surface area contributed by atoms with Gasteiger partial charge in [0, 0.05) is 16.6 Å². The molecule has 0 saturated carbocycles. The van der Waals surface area contributed by atoms with Crippen LogP contribution in [0.5, 0.6) is 5.75 Å². The molecule has 110 valence electrons. The topological polar surface area (TPSA) is 21.3 Å². The minimum Gasteiger partial charge on any atom is -0.486 e. The van der Waals surface area contributed by atoms with E-state index in [0.29, 0.717) is 0 Å². The highest BCUT2D eigenvalue weighted by molar-refractivity contribution is 6.30. The molecule has 0 amide bonds. The van der Waals surface area contributed by atoms with Crippen molar-refractivity contribution < 1.29 is 4.74 Å². The molecule has 3 heteroatoms. The average Bonchev–Trinajstić information content (AvgIpc) is 2.70. The van der Waals surface area contributed by atoms with E-state index < -0.39 is 0 Å². The first-order valence-corrected chi connectivity index (χ1v) is 7.64. The minimum absolute atomic E-state index is 0.166. The Labute approximate surface area is 131 Å². The van der Waals surface area contributed by atoms with Gasteiger partial charge in [0.05, 0.1) is 6.04 Å². The molecule has 0 radical (unpaired) electrons. The second-order valence-corrected chi connectivity index (χ2v) is 6.55. The lowest BCUT2D eigenvalue weighted by molar-refractivity contribution is 0.0919. The second kappa shape index (κ2) is 5.36. The summed E-state index contributed by atoms with van der Waals surface area (Å²) in [7, 11) is 0. The van der Waals surface area contributed by atoms with E-state index in [0.717, 1.165) is 10.8 Å². The molecule has 21 heavy (non-hydrogen) atoms. The quantitative estimate of drug-likeness (QED) is 0.870.